The molecule has 2 aliphatic carbocycles. The van der Waals surface area contributed by atoms with Crippen LogP contribution in [0.4, 0.5) is 17.1 Å². The third-order valence-electron chi connectivity index (χ3n) is 12.0. The molecular formula is C52H41N. The van der Waals surface area contributed by atoms with Crippen molar-refractivity contribution >= 4 is 27.8 Å². The van der Waals surface area contributed by atoms with Crippen LogP contribution < -0.4 is 4.90 Å². The average molecular weight is 680 g/mol. The normalized spacial score (nSPS) is 14.3. The van der Waals surface area contributed by atoms with Crippen LogP contribution in [-0.2, 0) is 10.8 Å². The van der Waals surface area contributed by atoms with Gasteiger partial charge in [-0.05, 0) is 115 Å². The maximum atomic E-state index is 2.52. The van der Waals surface area contributed by atoms with Crippen LogP contribution in [0.15, 0.2) is 176 Å². The molecule has 53 heavy (non-hydrogen) atoms. The first-order chi connectivity index (χ1) is 25.8. The fraction of sp³-hybridized carbons (Fsp3) is 0.115. The highest BCUT2D eigenvalue weighted by Gasteiger charge is 2.38. The lowest BCUT2D eigenvalue weighted by Gasteiger charge is -2.31. The Hall–Kier alpha value is -6.18. The van der Waals surface area contributed by atoms with Crippen LogP contribution in [0.25, 0.3) is 55.3 Å². The first-order valence-electron chi connectivity index (χ1n) is 18.8. The highest BCUT2D eigenvalue weighted by Crippen LogP contribution is 2.54. The zero-order chi connectivity index (χ0) is 35.9. The van der Waals surface area contributed by atoms with Crippen LogP contribution in [0.3, 0.4) is 0 Å². The van der Waals surface area contributed by atoms with E-state index in [0.29, 0.717) is 0 Å². The van der Waals surface area contributed by atoms with E-state index in [9.17, 15) is 0 Å². The van der Waals surface area contributed by atoms with Crippen molar-refractivity contribution in [1.29, 1.82) is 0 Å². The average Bonchev–Trinajstić information content (AvgIpc) is 3.57. The van der Waals surface area contributed by atoms with Crippen LogP contribution in [0.1, 0.15) is 49.9 Å². The number of nitrogens with zero attached hydrogens (tertiary/aromatic N) is 1. The quantitative estimate of drug-likeness (QED) is 0.175. The lowest BCUT2D eigenvalue weighted by molar-refractivity contribution is 0.660. The lowest BCUT2D eigenvalue weighted by atomic mass is 9.81. The van der Waals surface area contributed by atoms with Crippen molar-refractivity contribution in [2.45, 2.75) is 38.5 Å². The second-order valence-corrected chi connectivity index (χ2v) is 15.8. The van der Waals surface area contributed by atoms with Crippen LogP contribution >= 0.6 is 0 Å². The van der Waals surface area contributed by atoms with E-state index in [4.69, 9.17) is 0 Å². The highest BCUT2D eigenvalue weighted by molar-refractivity contribution is 6.03. The Morgan fingerprint density at radius 3 is 1.49 bits per heavy atom. The molecule has 2 aliphatic rings. The van der Waals surface area contributed by atoms with E-state index in [1.54, 1.807) is 0 Å². The van der Waals surface area contributed by atoms with E-state index >= 15 is 0 Å². The number of fused-ring (bicyclic) bond motifs is 7. The smallest absolute Gasteiger partial charge is 0.0546 e. The summed E-state index contributed by atoms with van der Waals surface area (Å²) in [5, 5.41) is 2.45. The molecular weight excluding hydrogens is 639 g/mol. The number of hydrogen-bond donors (Lipinski definition) is 0. The van der Waals surface area contributed by atoms with Gasteiger partial charge in [0.25, 0.3) is 0 Å². The van der Waals surface area contributed by atoms with Gasteiger partial charge in [-0.1, -0.05) is 161 Å². The Balaban J connectivity index is 1.20. The molecule has 0 bridgehead atoms. The Labute approximate surface area is 312 Å². The van der Waals surface area contributed by atoms with Gasteiger partial charge in [-0.3, -0.25) is 0 Å². The van der Waals surface area contributed by atoms with Gasteiger partial charge >= 0.3 is 0 Å². The molecule has 0 atom stereocenters. The molecule has 254 valence electrons. The van der Waals surface area contributed by atoms with Crippen molar-refractivity contribution in [1.82, 2.24) is 0 Å². The topological polar surface area (TPSA) is 3.24 Å². The van der Waals surface area contributed by atoms with E-state index in [0.717, 1.165) is 5.69 Å². The minimum atomic E-state index is -0.174. The number of rotatable bonds is 5. The van der Waals surface area contributed by atoms with Crippen LogP contribution in [-0.4, -0.2) is 0 Å². The minimum absolute atomic E-state index is 0.112. The Morgan fingerprint density at radius 2 is 0.830 bits per heavy atom. The highest BCUT2D eigenvalue weighted by atomic mass is 15.1. The maximum absolute atomic E-state index is 2.52. The summed E-state index contributed by atoms with van der Waals surface area (Å²) in [5.41, 5.74) is 19.0. The Kier molecular flexibility index (Phi) is 6.94. The summed E-state index contributed by atoms with van der Waals surface area (Å²) < 4.78 is 0. The van der Waals surface area contributed by atoms with Crippen LogP contribution in [0.2, 0.25) is 0 Å². The molecule has 0 unspecified atom stereocenters. The molecule has 0 fully saturated rings. The van der Waals surface area contributed by atoms with Gasteiger partial charge in [0, 0.05) is 27.6 Å². The summed E-state index contributed by atoms with van der Waals surface area (Å²) in [6, 6.07) is 65.4. The minimum Gasteiger partial charge on any atom is -0.310 e. The number of hydrogen-bond acceptors (Lipinski definition) is 1. The zero-order valence-electron chi connectivity index (χ0n) is 30.7. The van der Waals surface area contributed by atoms with Crippen molar-refractivity contribution in [3.8, 4) is 44.5 Å². The predicted octanol–water partition coefficient (Wildman–Crippen LogP) is 14.3. The van der Waals surface area contributed by atoms with Gasteiger partial charge < -0.3 is 4.90 Å². The van der Waals surface area contributed by atoms with Gasteiger partial charge in [0.05, 0.1) is 5.69 Å². The van der Waals surface area contributed by atoms with Crippen molar-refractivity contribution in [2.75, 3.05) is 4.90 Å². The van der Waals surface area contributed by atoms with Gasteiger partial charge in [0.1, 0.15) is 0 Å². The van der Waals surface area contributed by atoms with Gasteiger partial charge in [0.2, 0.25) is 0 Å². The molecule has 0 aromatic heterocycles. The molecule has 0 saturated heterocycles. The molecule has 0 saturated carbocycles. The van der Waals surface area contributed by atoms with Crippen molar-refractivity contribution in [3.63, 3.8) is 0 Å². The van der Waals surface area contributed by atoms with Crippen molar-refractivity contribution in [2.24, 2.45) is 0 Å². The lowest BCUT2D eigenvalue weighted by Crippen LogP contribution is -2.18. The zero-order valence-corrected chi connectivity index (χ0v) is 30.7. The Bertz CT molecular complexity index is 2720. The molecule has 8 aromatic rings. The molecule has 10 rings (SSSR count). The summed E-state index contributed by atoms with van der Waals surface area (Å²) in [7, 11) is 0. The first kappa shape index (κ1) is 31.5. The summed E-state index contributed by atoms with van der Waals surface area (Å²) in [4.78, 5) is 2.52. The third-order valence-corrected chi connectivity index (χ3v) is 12.0. The first-order valence-corrected chi connectivity index (χ1v) is 18.8. The van der Waals surface area contributed by atoms with E-state index in [2.05, 4.69) is 209 Å². The summed E-state index contributed by atoms with van der Waals surface area (Å²) in [5.74, 6) is 0. The molecule has 0 spiro atoms. The fourth-order valence-corrected chi connectivity index (χ4v) is 9.21. The second-order valence-electron chi connectivity index (χ2n) is 15.8. The van der Waals surface area contributed by atoms with Gasteiger partial charge in [-0.25, -0.2) is 0 Å². The standard InChI is InChI=1S/C52H41N/c1-51(2)46-22-14-13-21-42(46)44-27-24-39(32-48(44)51)53(50-31-38(35-17-9-6-10-18-35)29-37-19-11-12-20-41(37)50)40-25-28-45-43-26-23-36(34-15-7-5-8-16-34)30-47(43)52(3,4)49(45)33-40/h5-33H,1-4H3. The molecule has 0 heterocycles. The van der Waals surface area contributed by atoms with Crippen molar-refractivity contribution < 1.29 is 0 Å². The third kappa shape index (κ3) is 4.84. The number of benzene rings is 8. The SMILES string of the molecule is CC1(C)c2ccccc2-c2ccc(N(c3ccc4c(c3)C(C)(C)c3cc(-c5ccccc5)ccc3-4)c3cc(-c4ccccc4)cc4ccccc34)cc21. The monoisotopic (exact) mass is 679 g/mol. The van der Waals surface area contributed by atoms with E-state index in [1.165, 1.54) is 88.9 Å². The van der Waals surface area contributed by atoms with Crippen LogP contribution in [0, 0.1) is 0 Å². The second kappa shape index (κ2) is 11.7. The molecule has 1 heteroatoms. The van der Waals surface area contributed by atoms with E-state index < -0.39 is 0 Å². The maximum Gasteiger partial charge on any atom is 0.0546 e. The largest absolute Gasteiger partial charge is 0.310 e. The Morgan fingerprint density at radius 1 is 0.340 bits per heavy atom. The predicted molar refractivity (Wildman–Crippen MR) is 225 cm³/mol. The van der Waals surface area contributed by atoms with Gasteiger partial charge in [-0.15, -0.1) is 0 Å². The summed E-state index contributed by atoms with van der Waals surface area (Å²) in [6.45, 7) is 9.52. The molecule has 0 radical (unpaired) electrons. The molecule has 0 aliphatic heterocycles. The molecule has 1 nitrogen and oxygen atoms in total. The van der Waals surface area contributed by atoms with Gasteiger partial charge in [0.15, 0.2) is 0 Å². The number of anilines is 3. The fourth-order valence-electron chi connectivity index (χ4n) is 9.21. The van der Waals surface area contributed by atoms with Crippen molar-refractivity contribution in [3.05, 3.63) is 198 Å². The molecule has 0 amide bonds. The van der Waals surface area contributed by atoms with Crippen LogP contribution in [0.5, 0.6) is 0 Å². The summed E-state index contributed by atoms with van der Waals surface area (Å²) in [6.07, 6.45) is 0. The van der Waals surface area contributed by atoms with E-state index in [-0.39, 0.29) is 10.8 Å². The van der Waals surface area contributed by atoms with Gasteiger partial charge in [-0.2, -0.15) is 0 Å². The summed E-state index contributed by atoms with van der Waals surface area (Å²) >= 11 is 0. The van der Waals surface area contributed by atoms with E-state index in [1.807, 2.05) is 0 Å². The molecule has 8 aromatic carbocycles. The molecule has 0 N–H and O–H groups in total.